The molecule has 0 radical (unpaired) electrons. The first-order chi connectivity index (χ1) is 17.5. The zero-order valence-corrected chi connectivity index (χ0v) is 20.9. The molecule has 36 heavy (non-hydrogen) atoms. The van der Waals surface area contributed by atoms with Crippen LogP contribution in [0.25, 0.3) is 22.4 Å². The number of rotatable bonds is 10. The Morgan fingerprint density at radius 1 is 1.08 bits per heavy atom. The van der Waals surface area contributed by atoms with Crippen molar-refractivity contribution < 1.29 is 14.3 Å². The molecule has 0 amide bonds. The molecule has 0 fully saturated rings. The Balaban J connectivity index is 1.55. The van der Waals surface area contributed by atoms with Crippen LogP contribution in [0, 0.1) is 0 Å². The van der Waals surface area contributed by atoms with Gasteiger partial charge in [0.25, 0.3) is 0 Å². The van der Waals surface area contributed by atoms with Crippen LogP contribution >= 0.6 is 0 Å². The molecule has 0 saturated carbocycles. The molecular formula is C26H31N7O3. The molecule has 4 rings (SSSR count). The highest BCUT2D eigenvalue weighted by Crippen LogP contribution is 2.25. The van der Waals surface area contributed by atoms with Gasteiger partial charge in [-0.1, -0.05) is 37.3 Å². The maximum atomic E-state index is 11.4. The number of hydrogen-bond acceptors (Lipinski definition) is 9. The highest BCUT2D eigenvalue weighted by molar-refractivity contribution is 5.84. The van der Waals surface area contributed by atoms with E-state index in [9.17, 15) is 4.79 Å². The molecule has 0 bridgehead atoms. The zero-order valence-electron chi connectivity index (χ0n) is 20.9. The van der Waals surface area contributed by atoms with Gasteiger partial charge in [0.15, 0.2) is 17.0 Å². The van der Waals surface area contributed by atoms with Crippen LogP contribution in [0.3, 0.4) is 0 Å². The Kier molecular flexibility index (Phi) is 7.94. The Labute approximate surface area is 210 Å². The monoisotopic (exact) mass is 489 g/mol. The third kappa shape index (κ3) is 5.88. The van der Waals surface area contributed by atoms with Crippen LogP contribution in [0.2, 0.25) is 0 Å². The van der Waals surface area contributed by atoms with E-state index in [0.717, 1.165) is 22.5 Å². The Hall–Kier alpha value is -4.21. The summed E-state index contributed by atoms with van der Waals surface area (Å²) in [5.41, 5.74) is 4.51. The van der Waals surface area contributed by atoms with Crippen molar-refractivity contribution in [3.63, 3.8) is 0 Å². The summed E-state index contributed by atoms with van der Waals surface area (Å²) in [5.74, 6) is 1.05. The summed E-state index contributed by atoms with van der Waals surface area (Å²) in [7, 11) is 1.28. The van der Waals surface area contributed by atoms with E-state index >= 15 is 0 Å². The van der Waals surface area contributed by atoms with E-state index in [-0.39, 0.29) is 18.7 Å². The van der Waals surface area contributed by atoms with E-state index in [1.807, 2.05) is 29.7 Å². The van der Waals surface area contributed by atoms with Crippen molar-refractivity contribution in [1.29, 1.82) is 0 Å². The third-order valence-electron chi connectivity index (χ3n) is 5.75. The highest BCUT2D eigenvalue weighted by Gasteiger charge is 2.18. The minimum absolute atomic E-state index is 0.138. The molecule has 0 saturated heterocycles. The number of ether oxygens (including phenoxy) is 2. The predicted octanol–water partition coefficient (Wildman–Crippen LogP) is 5.05. The molecule has 188 valence electrons. The average Bonchev–Trinajstić information content (AvgIpc) is 3.34. The minimum Gasteiger partial charge on any atom is -0.438 e. The molecule has 4 aromatic rings. The predicted molar refractivity (Wildman–Crippen MR) is 139 cm³/mol. The van der Waals surface area contributed by atoms with Crippen molar-refractivity contribution in [2.45, 2.75) is 45.8 Å². The first-order valence-electron chi connectivity index (χ1n) is 11.9. The van der Waals surface area contributed by atoms with Crippen LogP contribution in [0.5, 0.6) is 0 Å². The van der Waals surface area contributed by atoms with Gasteiger partial charge in [-0.3, -0.25) is 4.98 Å². The number of imidazole rings is 1. The van der Waals surface area contributed by atoms with Crippen molar-refractivity contribution in [2.75, 3.05) is 24.4 Å². The maximum Gasteiger partial charge on any atom is 0.508 e. The van der Waals surface area contributed by atoms with E-state index < -0.39 is 6.16 Å². The second-order valence-electron chi connectivity index (χ2n) is 8.59. The third-order valence-corrected chi connectivity index (χ3v) is 5.75. The number of fused-ring (bicyclic) bond motifs is 1. The van der Waals surface area contributed by atoms with E-state index in [0.29, 0.717) is 30.2 Å². The van der Waals surface area contributed by atoms with E-state index in [4.69, 9.17) is 14.7 Å². The van der Waals surface area contributed by atoms with Gasteiger partial charge in [-0.15, -0.1) is 0 Å². The van der Waals surface area contributed by atoms with Crippen LogP contribution in [0.4, 0.5) is 16.6 Å². The van der Waals surface area contributed by atoms with Crippen molar-refractivity contribution in [3.8, 4) is 11.3 Å². The molecule has 0 spiro atoms. The van der Waals surface area contributed by atoms with Crippen LogP contribution in [-0.4, -0.2) is 50.4 Å². The van der Waals surface area contributed by atoms with Gasteiger partial charge < -0.3 is 24.7 Å². The molecule has 1 aromatic carbocycles. The van der Waals surface area contributed by atoms with Gasteiger partial charge in [-0.25, -0.2) is 9.78 Å². The summed E-state index contributed by atoms with van der Waals surface area (Å²) >= 11 is 0. The summed E-state index contributed by atoms with van der Waals surface area (Å²) in [4.78, 5) is 29.8. The zero-order chi connectivity index (χ0) is 25.5. The van der Waals surface area contributed by atoms with Crippen molar-refractivity contribution in [2.24, 2.45) is 0 Å². The van der Waals surface area contributed by atoms with Crippen LogP contribution in [0.15, 0.2) is 55.0 Å². The summed E-state index contributed by atoms with van der Waals surface area (Å²) in [6, 6.07) is 14.1. The standard InChI is InChI=1S/C26H31N7O3/c1-5-20(15-36-26(34)35-4)30-25-31-23(22-24(32-25)33(16-29-22)17(2)3)28-14-18-9-11-19(12-10-18)21-8-6-7-13-27-21/h6-13,16-17,20H,5,14-15H2,1-4H3,(H2,28,30,31,32)/t20-/m1/s1. The molecule has 10 nitrogen and oxygen atoms in total. The molecule has 0 aliphatic carbocycles. The topological polar surface area (TPSA) is 116 Å². The first kappa shape index (κ1) is 24.9. The van der Waals surface area contributed by atoms with Crippen LogP contribution in [-0.2, 0) is 16.0 Å². The van der Waals surface area contributed by atoms with Crippen LogP contribution in [0.1, 0.15) is 38.8 Å². The minimum atomic E-state index is -0.721. The maximum absolute atomic E-state index is 11.4. The SMILES string of the molecule is CC[C@H](COC(=O)OC)Nc1nc(NCc2ccc(-c3ccccn3)cc2)c2ncn(C(C)C)c2n1. The lowest BCUT2D eigenvalue weighted by Crippen LogP contribution is -2.27. The second-order valence-corrected chi connectivity index (χ2v) is 8.59. The molecule has 3 aromatic heterocycles. The number of carbonyl (C=O) groups excluding carboxylic acids is 1. The number of nitrogens with one attached hydrogen (secondary N) is 2. The lowest BCUT2D eigenvalue weighted by atomic mass is 10.1. The second kappa shape index (κ2) is 11.5. The fourth-order valence-electron chi connectivity index (χ4n) is 3.67. The van der Waals surface area contributed by atoms with E-state index in [1.54, 1.807) is 12.5 Å². The lowest BCUT2D eigenvalue weighted by Gasteiger charge is -2.18. The number of anilines is 2. The van der Waals surface area contributed by atoms with Gasteiger partial charge in [0.05, 0.1) is 25.2 Å². The molecule has 3 heterocycles. The van der Waals surface area contributed by atoms with Gasteiger partial charge in [0, 0.05) is 24.3 Å². The Morgan fingerprint density at radius 3 is 2.56 bits per heavy atom. The molecule has 0 aliphatic heterocycles. The normalized spacial score (nSPS) is 11.9. The quantitative estimate of drug-likeness (QED) is 0.295. The van der Waals surface area contributed by atoms with Gasteiger partial charge in [0.2, 0.25) is 5.95 Å². The van der Waals surface area contributed by atoms with Gasteiger partial charge in [-0.05, 0) is 38.0 Å². The number of benzene rings is 1. The highest BCUT2D eigenvalue weighted by atomic mass is 16.7. The number of hydrogen-bond donors (Lipinski definition) is 2. The number of aromatic nitrogens is 5. The van der Waals surface area contributed by atoms with E-state index in [2.05, 4.69) is 63.5 Å². The fraction of sp³-hybridized carbons (Fsp3) is 0.346. The average molecular weight is 490 g/mol. The van der Waals surface area contributed by atoms with Crippen molar-refractivity contribution in [1.82, 2.24) is 24.5 Å². The number of pyridine rings is 1. The molecule has 2 N–H and O–H groups in total. The Bertz CT molecular complexity index is 1290. The fourth-order valence-corrected chi connectivity index (χ4v) is 3.67. The smallest absolute Gasteiger partial charge is 0.438 e. The largest absolute Gasteiger partial charge is 0.508 e. The van der Waals surface area contributed by atoms with Crippen molar-refractivity contribution in [3.05, 3.63) is 60.6 Å². The molecule has 0 unspecified atom stereocenters. The van der Waals surface area contributed by atoms with Gasteiger partial charge >= 0.3 is 6.16 Å². The van der Waals surface area contributed by atoms with Gasteiger partial charge in [-0.2, -0.15) is 9.97 Å². The molecular weight excluding hydrogens is 458 g/mol. The van der Waals surface area contributed by atoms with Crippen LogP contribution < -0.4 is 10.6 Å². The molecule has 10 heteroatoms. The first-order valence-corrected chi connectivity index (χ1v) is 11.9. The van der Waals surface area contributed by atoms with Crippen molar-refractivity contribution >= 4 is 29.1 Å². The molecule has 1 atom stereocenters. The summed E-state index contributed by atoms with van der Waals surface area (Å²) in [6.45, 7) is 6.84. The summed E-state index contributed by atoms with van der Waals surface area (Å²) < 4.78 is 11.7. The number of nitrogens with zero attached hydrogens (tertiary/aromatic N) is 5. The molecule has 0 aliphatic rings. The number of methoxy groups -OCH3 is 1. The van der Waals surface area contributed by atoms with Gasteiger partial charge in [0.1, 0.15) is 6.61 Å². The summed E-state index contributed by atoms with van der Waals surface area (Å²) in [5, 5.41) is 6.70. The Morgan fingerprint density at radius 2 is 1.89 bits per heavy atom. The lowest BCUT2D eigenvalue weighted by molar-refractivity contribution is 0.0692. The summed E-state index contributed by atoms with van der Waals surface area (Å²) in [6.07, 6.45) is 3.55. The number of carbonyl (C=O) groups is 1. The van der Waals surface area contributed by atoms with E-state index in [1.165, 1.54) is 7.11 Å².